The zero-order valence-corrected chi connectivity index (χ0v) is 20.7. The molecule has 3 fully saturated rings. The van der Waals surface area contributed by atoms with Crippen LogP contribution >= 0.6 is 0 Å². The van der Waals surface area contributed by atoms with Gasteiger partial charge in [0.25, 0.3) is 0 Å². The third-order valence-electron chi connectivity index (χ3n) is 9.19. The number of fused-ring (bicyclic) bond motifs is 2. The molecular weight excluding hydrogens is 428 g/mol. The maximum Gasteiger partial charge on any atom is 0.122 e. The molecule has 3 saturated carbocycles. The number of aliphatic imine (C=N–C) groups is 1. The van der Waals surface area contributed by atoms with Crippen LogP contribution in [0.25, 0.3) is 0 Å². The van der Waals surface area contributed by atoms with Crippen LogP contribution in [0.2, 0.25) is 0 Å². The first kappa shape index (κ1) is 23.6. The van der Waals surface area contributed by atoms with E-state index in [1.807, 2.05) is 0 Å². The van der Waals surface area contributed by atoms with Crippen molar-refractivity contribution < 1.29 is 8.78 Å². The van der Waals surface area contributed by atoms with Gasteiger partial charge in [-0.05, 0) is 104 Å². The van der Waals surface area contributed by atoms with Gasteiger partial charge in [-0.3, -0.25) is 4.99 Å². The van der Waals surface area contributed by atoms with Crippen molar-refractivity contribution in [3.63, 3.8) is 0 Å². The second kappa shape index (κ2) is 9.47. The molecule has 7 atom stereocenters. The Labute approximate surface area is 203 Å². The van der Waals surface area contributed by atoms with E-state index in [0.717, 1.165) is 66.0 Å². The van der Waals surface area contributed by atoms with Crippen molar-refractivity contribution in [2.24, 2.45) is 52.2 Å². The minimum atomic E-state index is -0.455. The van der Waals surface area contributed by atoms with Crippen molar-refractivity contribution in [1.82, 2.24) is 5.32 Å². The van der Waals surface area contributed by atoms with E-state index < -0.39 is 5.83 Å². The largest absolute Gasteiger partial charge is 0.404 e. The molecule has 0 aromatic carbocycles. The molecule has 0 aromatic rings. The summed E-state index contributed by atoms with van der Waals surface area (Å²) in [4.78, 5) is 5.08. The van der Waals surface area contributed by atoms with Crippen LogP contribution in [0.5, 0.6) is 0 Å². The van der Waals surface area contributed by atoms with Gasteiger partial charge in [0.15, 0.2) is 0 Å². The summed E-state index contributed by atoms with van der Waals surface area (Å²) in [6.45, 7) is 6.67. The highest BCUT2D eigenvalue weighted by Crippen LogP contribution is 2.52. The summed E-state index contributed by atoms with van der Waals surface area (Å²) < 4.78 is 28.5. The van der Waals surface area contributed by atoms with Gasteiger partial charge in [-0.2, -0.15) is 0 Å². The van der Waals surface area contributed by atoms with Crippen LogP contribution in [-0.4, -0.2) is 11.8 Å². The highest BCUT2D eigenvalue weighted by molar-refractivity contribution is 6.11. The Morgan fingerprint density at radius 1 is 1.12 bits per heavy atom. The van der Waals surface area contributed by atoms with Crippen LogP contribution in [0.15, 0.2) is 64.1 Å². The van der Waals surface area contributed by atoms with Crippen molar-refractivity contribution in [3.05, 3.63) is 59.1 Å². The Morgan fingerprint density at radius 3 is 2.68 bits per heavy atom. The van der Waals surface area contributed by atoms with Gasteiger partial charge in [-0.1, -0.05) is 27.2 Å². The van der Waals surface area contributed by atoms with Gasteiger partial charge in [0, 0.05) is 17.7 Å². The number of allylic oxidation sites excluding steroid dienone is 7. The maximum atomic E-state index is 14.7. The molecule has 7 unspecified atom stereocenters. The van der Waals surface area contributed by atoms with E-state index in [-0.39, 0.29) is 23.7 Å². The first-order chi connectivity index (χ1) is 16.3. The average molecular weight is 468 g/mol. The van der Waals surface area contributed by atoms with E-state index >= 15 is 0 Å². The highest BCUT2D eigenvalue weighted by Gasteiger charge is 2.44. The van der Waals surface area contributed by atoms with Crippen molar-refractivity contribution in [2.45, 2.75) is 71.8 Å². The summed E-state index contributed by atoms with van der Waals surface area (Å²) in [5.74, 6) is 2.36. The second-order valence-electron chi connectivity index (χ2n) is 11.5. The van der Waals surface area contributed by atoms with E-state index in [2.05, 4.69) is 38.2 Å². The molecule has 0 saturated heterocycles. The Bertz CT molecular complexity index is 999. The number of nitrogens with two attached hydrogens (primary N) is 1. The lowest BCUT2D eigenvalue weighted by atomic mass is 9.87. The van der Waals surface area contributed by atoms with E-state index in [1.165, 1.54) is 31.4 Å². The van der Waals surface area contributed by atoms with Gasteiger partial charge in [0.1, 0.15) is 11.7 Å². The fraction of sp³-hybridized carbons (Fsp3) is 0.621. The van der Waals surface area contributed by atoms with Gasteiger partial charge in [0.2, 0.25) is 0 Å². The van der Waals surface area contributed by atoms with Crippen LogP contribution in [-0.2, 0) is 0 Å². The molecule has 0 bridgehead atoms. The molecule has 5 aliphatic rings. The van der Waals surface area contributed by atoms with Crippen molar-refractivity contribution >= 4 is 5.71 Å². The number of halogens is 2. The Balaban J connectivity index is 1.41. The van der Waals surface area contributed by atoms with E-state index in [0.29, 0.717) is 5.92 Å². The summed E-state index contributed by atoms with van der Waals surface area (Å²) >= 11 is 0. The zero-order valence-electron chi connectivity index (χ0n) is 20.7. The van der Waals surface area contributed by atoms with Crippen LogP contribution in [0.4, 0.5) is 8.78 Å². The molecule has 5 heteroatoms. The normalized spacial score (nSPS) is 39.9. The molecule has 4 aliphatic carbocycles. The lowest BCUT2D eigenvalue weighted by Crippen LogP contribution is -2.22. The summed E-state index contributed by atoms with van der Waals surface area (Å²) in [7, 11) is 0. The van der Waals surface area contributed by atoms with Crippen LogP contribution in [0, 0.1) is 41.4 Å². The fourth-order valence-electron chi connectivity index (χ4n) is 7.35. The Hall–Kier alpha value is -2.17. The van der Waals surface area contributed by atoms with Gasteiger partial charge in [-0.25, -0.2) is 8.78 Å². The van der Waals surface area contributed by atoms with Crippen molar-refractivity contribution in [3.8, 4) is 0 Å². The second-order valence-corrected chi connectivity index (χ2v) is 11.5. The highest BCUT2D eigenvalue weighted by atomic mass is 19.1. The predicted molar refractivity (Wildman–Crippen MR) is 135 cm³/mol. The summed E-state index contributed by atoms with van der Waals surface area (Å²) in [6, 6.07) is -0.169. The molecule has 1 aliphatic heterocycles. The standard InChI is InChI=1S/C29H39F2N3/c1-16(2)20(15-32)12-27-28(34-26-9-6-19-10-21(30)13-25(31)29(19)26)14-22(33-27)11-18-5-8-23-17(3)4-7-24(18)23/h10,12-19,23-24,26,29,33H,4-9,11,32H2,1-3H3/b20-15-,27-12+,34-28-. The van der Waals surface area contributed by atoms with Crippen molar-refractivity contribution in [1.29, 1.82) is 0 Å². The van der Waals surface area contributed by atoms with E-state index in [1.54, 1.807) is 12.3 Å². The molecule has 0 radical (unpaired) electrons. The summed E-state index contributed by atoms with van der Waals surface area (Å²) in [5.41, 5.74) is 10.0. The number of nitrogens with zero attached hydrogens (tertiary/aromatic N) is 1. The molecule has 0 spiro atoms. The lowest BCUT2D eigenvalue weighted by Gasteiger charge is -2.22. The molecule has 1 heterocycles. The van der Waals surface area contributed by atoms with Crippen LogP contribution in [0.1, 0.15) is 65.7 Å². The Kier molecular flexibility index (Phi) is 6.56. The lowest BCUT2D eigenvalue weighted by molar-refractivity contribution is 0.322. The number of hydrogen-bond donors (Lipinski definition) is 2. The topological polar surface area (TPSA) is 50.4 Å². The third kappa shape index (κ3) is 4.43. The molecule has 34 heavy (non-hydrogen) atoms. The average Bonchev–Trinajstić information content (AvgIpc) is 3.54. The molecule has 0 amide bonds. The number of nitrogens with one attached hydrogen (secondary N) is 1. The maximum absolute atomic E-state index is 14.7. The van der Waals surface area contributed by atoms with Crippen LogP contribution in [0.3, 0.4) is 0 Å². The molecule has 184 valence electrons. The summed E-state index contributed by atoms with van der Waals surface area (Å²) in [5, 5.41) is 3.66. The SMILES string of the molecule is CC(C)C(/C=C1/NC(CC2CCC3C(C)CCC23)=C/C1=N/C1CCC2C=C(F)C=C(F)C21)=C\N. The fourth-order valence-corrected chi connectivity index (χ4v) is 7.35. The van der Waals surface area contributed by atoms with Gasteiger partial charge in [0.05, 0.1) is 17.5 Å². The monoisotopic (exact) mass is 467 g/mol. The number of hydrogen-bond acceptors (Lipinski definition) is 3. The van der Waals surface area contributed by atoms with Gasteiger partial charge >= 0.3 is 0 Å². The molecule has 5 rings (SSSR count). The minimum absolute atomic E-state index is 0.0977. The molecule has 0 aromatic heterocycles. The van der Waals surface area contributed by atoms with E-state index in [9.17, 15) is 8.78 Å². The first-order valence-corrected chi connectivity index (χ1v) is 13.3. The quantitative estimate of drug-likeness (QED) is 0.463. The Morgan fingerprint density at radius 2 is 1.91 bits per heavy atom. The van der Waals surface area contributed by atoms with Crippen molar-refractivity contribution in [2.75, 3.05) is 0 Å². The van der Waals surface area contributed by atoms with Crippen LogP contribution < -0.4 is 11.1 Å². The third-order valence-corrected chi connectivity index (χ3v) is 9.19. The summed E-state index contributed by atoms with van der Waals surface area (Å²) in [6.07, 6.45) is 16.6. The molecular formula is C29H39F2N3. The van der Waals surface area contributed by atoms with Gasteiger partial charge < -0.3 is 11.1 Å². The van der Waals surface area contributed by atoms with Gasteiger partial charge in [-0.15, -0.1) is 0 Å². The smallest absolute Gasteiger partial charge is 0.122 e. The minimum Gasteiger partial charge on any atom is -0.404 e. The predicted octanol–water partition coefficient (Wildman–Crippen LogP) is 6.87. The molecule has 3 N–H and O–H groups in total. The van der Waals surface area contributed by atoms with E-state index in [4.69, 9.17) is 10.7 Å². The number of rotatable bonds is 5. The first-order valence-electron chi connectivity index (χ1n) is 13.3. The molecule has 3 nitrogen and oxygen atoms in total. The zero-order chi connectivity index (χ0) is 24.0.